The summed E-state index contributed by atoms with van der Waals surface area (Å²) >= 11 is 0. The quantitative estimate of drug-likeness (QED) is 0.501. The summed E-state index contributed by atoms with van der Waals surface area (Å²) in [6, 6.07) is 18.1. The zero-order chi connectivity index (χ0) is 21.4. The van der Waals surface area contributed by atoms with Gasteiger partial charge in [0.1, 0.15) is 30.1 Å². The Labute approximate surface area is 179 Å². The number of carbonyl (C=O) groups excluding carboxylic acids is 1. The van der Waals surface area contributed by atoms with Gasteiger partial charge in [0, 0.05) is 23.7 Å². The molecule has 1 saturated carbocycles. The molecule has 7 nitrogen and oxygen atoms in total. The Morgan fingerprint density at radius 3 is 2.68 bits per heavy atom. The van der Waals surface area contributed by atoms with E-state index in [1.54, 1.807) is 0 Å². The highest BCUT2D eigenvalue weighted by molar-refractivity contribution is 6.00. The monoisotopic (exact) mass is 413 g/mol. The smallest absolute Gasteiger partial charge is 0.220 e. The number of hydrogen-bond acceptors (Lipinski definition) is 5. The van der Waals surface area contributed by atoms with E-state index in [-0.39, 0.29) is 17.9 Å². The molecule has 2 heterocycles. The summed E-state index contributed by atoms with van der Waals surface area (Å²) in [6.45, 7) is 0.494. The summed E-state index contributed by atoms with van der Waals surface area (Å²) in [7, 11) is 0. The van der Waals surface area contributed by atoms with Crippen molar-refractivity contribution in [3.05, 3.63) is 72.7 Å². The van der Waals surface area contributed by atoms with E-state index in [9.17, 15) is 4.79 Å². The van der Waals surface area contributed by atoms with Gasteiger partial charge in [-0.05, 0) is 36.1 Å². The number of carbonyl (C=O) groups is 1. The third kappa shape index (κ3) is 3.59. The molecule has 0 saturated heterocycles. The third-order valence-electron chi connectivity index (χ3n) is 5.94. The number of nitrogens with two attached hydrogens (primary N) is 2. The van der Waals surface area contributed by atoms with Gasteiger partial charge >= 0.3 is 0 Å². The second-order valence-electron chi connectivity index (χ2n) is 7.93. The molecule has 1 aliphatic rings. The summed E-state index contributed by atoms with van der Waals surface area (Å²) < 4.78 is 8.10. The number of primary amides is 1. The Bertz CT molecular complexity index is 1250. The van der Waals surface area contributed by atoms with E-state index in [2.05, 4.69) is 14.5 Å². The molecule has 0 unspecified atom stereocenters. The Morgan fingerprint density at radius 2 is 1.90 bits per heavy atom. The predicted octanol–water partition coefficient (Wildman–Crippen LogP) is 3.70. The van der Waals surface area contributed by atoms with E-state index in [1.807, 2.05) is 60.8 Å². The van der Waals surface area contributed by atoms with Crippen LogP contribution in [-0.2, 0) is 11.4 Å². The number of anilines is 1. The van der Waals surface area contributed by atoms with Gasteiger partial charge < -0.3 is 20.8 Å². The van der Waals surface area contributed by atoms with Gasteiger partial charge in [0.2, 0.25) is 5.91 Å². The minimum absolute atomic E-state index is 0.0835. The highest BCUT2D eigenvalue weighted by atomic mass is 16.5. The fraction of sp³-hybridized carbons (Fsp3) is 0.208. The van der Waals surface area contributed by atoms with E-state index in [0.717, 1.165) is 33.5 Å². The molecule has 5 rings (SSSR count). The summed E-state index contributed by atoms with van der Waals surface area (Å²) in [6.07, 6.45) is 4.95. The zero-order valence-corrected chi connectivity index (χ0v) is 16.9. The number of rotatable bonds is 6. The number of benzene rings is 2. The van der Waals surface area contributed by atoms with Crippen molar-refractivity contribution in [2.24, 2.45) is 11.7 Å². The molecule has 31 heavy (non-hydrogen) atoms. The van der Waals surface area contributed by atoms with Crippen LogP contribution >= 0.6 is 0 Å². The lowest BCUT2D eigenvalue weighted by atomic mass is 9.79. The molecule has 1 aliphatic carbocycles. The first-order valence-electron chi connectivity index (χ1n) is 10.3. The lowest BCUT2D eigenvalue weighted by molar-refractivity contribution is -0.125. The second-order valence-corrected chi connectivity index (χ2v) is 7.93. The van der Waals surface area contributed by atoms with Gasteiger partial charge in [-0.2, -0.15) is 0 Å². The van der Waals surface area contributed by atoms with Gasteiger partial charge in [-0.3, -0.25) is 4.79 Å². The fourth-order valence-corrected chi connectivity index (χ4v) is 4.15. The van der Waals surface area contributed by atoms with Crippen LogP contribution in [0.15, 0.2) is 67.1 Å². The number of fused-ring (bicyclic) bond motifs is 1. The van der Waals surface area contributed by atoms with Crippen molar-refractivity contribution in [1.29, 1.82) is 0 Å². The number of aromatic nitrogens is 3. The van der Waals surface area contributed by atoms with E-state index < -0.39 is 0 Å². The number of amides is 1. The maximum atomic E-state index is 11.5. The van der Waals surface area contributed by atoms with Crippen LogP contribution in [0.3, 0.4) is 0 Å². The highest BCUT2D eigenvalue weighted by Gasteiger charge is 2.35. The van der Waals surface area contributed by atoms with Crippen LogP contribution in [0.25, 0.3) is 22.2 Å². The SMILES string of the molecule is Nc1ncnc2c1c(-c1cccc(OCc3ccccc3)c1)cn2[C@H]1C[C@H](C(N)=O)C1. The molecule has 4 N–H and O–H groups in total. The minimum Gasteiger partial charge on any atom is -0.489 e. The van der Waals surface area contributed by atoms with Crippen LogP contribution in [0.4, 0.5) is 5.82 Å². The standard InChI is InChI=1S/C24H23N5O2/c25-22-21-20(12-29(24(21)28-14-27-22)18-9-17(10-18)23(26)30)16-7-4-8-19(11-16)31-13-15-5-2-1-3-6-15/h1-8,11-12,14,17-18H,9-10,13H2,(H2,26,30)(H2,25,27,28)/t17-,18-. The van der Waals surface area contributed by atoms with Crippen molar-refractivity contribution in [1.82, 2.24) is 14.5 Å². The van der Waals surface area contributed by atoms with Gasteiger partial charge in [0.05, 0.1) is 5.39 Å². The number of ether oxygens (including phenoxy) is 1. The number of nitrogens with zero attached hydrogens (tertiary/aromatic N) is 3. The molecular formula is C24H23N5O2. The predicted molar refractivity (Wildman–Crippen MR) is 119 cm³/mol. The molecule has 2 aromatic carbocycles. The van der Waals surface area contributed by atoms with E-state index >= 15 is 0 Å². The number of hydrogen-bond donors (Lipinski definition) is 2. The summed E-state index contributed by atoms with van der Waals surface area (Å²) in [4.78, 5) is 20.1. The van der Waals surface area contributed by atoms with E-state index in [0.29, 0.717) is 25.3 Å². The molecule has 0 bridgehead atoms. The van der Waals surface area contributed by atoms with E-state index in [1.165, 1.54) is 6.33 Å². The van der Waals surface area contributed by atoms with Crippen molar-refractivity contribution in [2.75, 3.05) is 5.73 Å². The molecule has 4 aromatic rings. The first kappa shape index (κ1) is 19.1. The summed E-state index contributed by atoms with van der Waals surface area (Å²) in [5.74, 6) is 0.875. The molecule has 156 valence electrons. The van der Waals surface area contributed by atoms with Crippen molar-refractivity contribution in [3.8, 4) is 16.9 Å². The second kappa shape index (κ2) is 7.75. The Kier molecular flexibility index (Phi) is 4.78. The van der Waals surface area contributed by atoms with Crippen LogP contribution in [0.2, 0.25) is 0 Å². The molecule has 1 fully saturated rings. The Balaban J connectivity index is 1.48. The fourth-order valence-electron chi connectivity index (χ4n) is 4.15. The van der Waals surface area contributed by atoms with Crippen LogP contribution in [-0.4, -0.2) is 20.4 Å². The molecular weight excluding hydrogens is 390 g/mol. The summed E-state index contributed by atoms with van der Waals surface area (Å²) in [5.41, 5.74) is 15.5. The highest BCUT2D eigenvalue weighted by Crippen LogP contribution is 2.43. The first-order valence-corrected chi connectivity index (χ1v) is 10.3. The lowest BCUT2D eigenvalue weighted by Crippen LogP contribution is -2.36. The number of nitrogen functional groups attached to an aromatic ring is 1. The molecule has 1 amide bonds. The van der Waals surface area contributed by atoms with Crippen molar-refractivity contribution in [3.63, 3.8) is 0 Å². The average Bonchev–Trinajstić information content (AvgIpc) is 3.13. The van der Waals surface area contributed by atoms with Gasteiger partial charge in [-0.25, -0.2) is 9.97 Å². The maximum absolute atomic E-state index is 11.5. The lowest BCUT2D eigenvalue weighted by Gasteiger charge is -2.34. The Morgan fingerprint density at radius 1 is 1.10 bits per heavy atom. The topological polar surface area (TPSA) is 109 Å². The molecule has 2 aromatic heterocycles. The zero-order valence-electron chi connectivity index (χ0n) is 16.9. The molecule has 7 heteroatoms. The molecule has 0 aliphatic heterocycles. The van der Waals surface area contributed by atoms with Crippen LogP contribution in [0, 0.1) is 5.92 Å². The maximum Gasteiger partial charge on any atom is 0.220 e. The summed E-state index contributed by atoms with van der Waals surface area (Å²) in [5, 5.41) is 0.810. The minimum atomic E-state index is -0.245. The molecule has 0 spiro atoms. The van der Waals surface area contributed by atoms with Crippen LogP contribution in [0.1, 0.15) is 24.4 Å². The molecule has 0 radical (unpaired) electrons. The third-order valence-corrected chi connectivity index (χ3v) is 5.94. The molecule has 0 atom stereocenters. The van der Waals surface area contributed by atoms with Crippen molar-refractivity contribution < 1.29 is 9.53 Å². The van der Waals surface area contributed by atoms with Gasteiger partial charge in [-0.15, -0.1) is 0 Å². The Hall–Kier alpha value is -3.87. The van der Waals surface area contributed by atoms with Crippen molar-refractivity contribution >= 4 is 22.8 Å². The van der Waals surface area contributed by atoms with Crippen LogP contribution < -0.4 is 16.2 Å². The van der Waals surface area contributed by atoms with Gasteiger partial charge in [0.15, 0.2) is 0 Å². The van der Waals surface area contributed by atoms with Crippen molar-refractivity contribution in [2.45, 2.75) is 25.5 Å². The normalized spacial score (nSPS) is 17.9. The largest absolute Gasteiger partial charge is 0.489 e. The van der Waals surface area contributed by atoms with E-state index in [4.69, 9.17) is 16.2 Å². The van der Waals surface area contributed by atoms with Crippen LogP contribution in [0.5, 0.6) is 5.75 Å². The average molecular weight is 413 g/mol. The van der Waals surface area contributed by atoms with Gasteiger partial charge in [0.25, 0.3) is 0 Å². The van der Waals surface area contributed by atoms with Gasteiger partial charge in [-0.1, -0.05) is 42.5 Å². The first-order chi connectivity index (χ1) is 15.1.